The van der Waals surface area contributed by atoms with Gasteiger partial charge >= 0.3 is 5.69 Å². The molecular weight excluding hydrogens is 286 g/mol. The van der Waals surface area contributed by atoms with Gasteiger partial charge in [-0.25, -0.2) is 4.79 Å². The van der Waals surface area contributed by atoms with Gasteiger partial charge in [0.05, 0.1) is 16.9 Å². The Morgan fingerprint density at radius 1 is 0.826 bits per heavy atom. The van der Waals surface area contributed by atoms with Crippen LogP contribution in [0.5, 0.6) is 0 Å². The Hall–Kier alpha value is -3.14. The molecule has 2 N–H and O–H groups in total. The minimum absolute atomic E-state index is 0.340. The molecule has 0 aliphatic heterocycles. The number of H-pyrrole nitrogens is 2. The smallest absolute Gasteiger partial charge is 0.346 e. The second-order valence-corrected chi connectivity index (χ2v) is 5.50. The highest BCUT2D eigenvalue weighted by Gasteiger charge is 2.16. The highest BCUT2D eigenvalue weighted by Crippen LogP contribution is 2.33. The van der Waals surface area contributed by atoms with E-state index < -0.39 is 0 Å². The molecule has 4 nitrogen and oxygen atoms in total. The minimum atomic E-state index is -0.340. The molecule has 0 atom stereocenters. The summed E-state index contributed by atoms with van der Waals surface area (Å²) in [6, 6.07) is 19.8. The van der Waals surface area contributed by atoms with Crippen LogP contribution >= 0.6 is 0 Å². The molecule has 4 rings (SSSR count). The summed E-state index contributed by atoms with van der Waals surface area (Å²) in [7, 11) is 0. The fourth-order valence-corrected chi connectivity index (χ4v) is 2.96. The van der Waals surface area contributed by atoms with E-state index in [0.717, 1.165) is 33.4 Å². The average molecular weight is 301 g/mol. The summed E-state index contributed by atoms with van der Waals surface area (Å²) in [6.07, 6.45) is 0. The van der Waals surface area contributed by atoms with E-state index in [2.05, 4.69) is 15.0 Å². The van der Waals surface area contributed by atoms with Crippen molar-refractivity contribution in [2.45, 2.75) is 6.92 Å². The summed E-state index contributed by atoms with van der Waals surface area (Å²) in [5.41, 5.74) is 5.04. The van der Waals surface area contributed by atoms with Gasteiger partial charge < -0.3 is 9.97 Å². The summed E-state index contributed by atoms with van der Waals surface area (Å²) in [5, 5.41) is 0.953. The number of nitrogens with zero attached hydrogens (tertiary/aromatic N) is 1. The first-order chi connectivity index (χ1) is 11.2. The Balaban J connectivity index is 2.08. The molecule has 0 saturated carbocycles. The van der Waals surface area contributed by atoms with Crippen LogP contribution in [0.1, 0.15) is 5.69 Å². The van der Waals surface area contributed by atoms with Gasteiger partial charge in [-0.2, -0.15) is 4.98 Å². The zero-order valence-electron chi connectivity index (χ0n) is 12.6. The van der Waals surface area contributed by atoms with Crippen molar-refractivity contribution in [3.05, 3.63) is 76.8 Å². The van der Waals surface area contributed by atoms with E-state index >= 15 is 0 Å². The fourth-order valence-electron chi connectivity index (χ4n) is 2.96. The third-order valence-electron chi connectivity index (χ3n) is 3.98. The van der Waals surface area contributed by atoms with E-state index in [1.54, 1.807) is 0 Å². The number of fused-ring (bicyclic) bond motifs is 1. The van der Waals surface area contributed by atoms with Crippen LogP contribution in [0.25, 0.3) is 33.4 Å². The third kappa shape index (κ3) is 2.25. The van der Waals surface area contributed by atoms with Crippen molar-refractivity contribution in [2.24, 2.45) is 0 Å². The predicted octanol–water partition coefficient (Wildman–Crippen LogP) is 3.89. The molecule has 0 radical (unpaired) electrons. The Bertz CT molecular complexity index is 1030. The van der Waals surface area contributed by atoms with E-state index in [-0.39, 0.29) is 5.69 Å². The topological polar surface area (TPSA) is 61.5 Å². The maximum absolute atomic E-state index is 12.1. The number of aromatic nitrogens is 3. The van der Waals surface area contributed by atoms with Gasteiger partial charge in [0.25, 0.3) is 0 Å². The van der Waals surface area contributed by atoms with Crippen molar-refractivity contribution in [2.75, 3.05) is 0 Å². The minimum Gasteiger partial charge on any atom is -0.356 e. The molecule has 0 aliphatic carbocycles. The van der Waals surface area contributed by atoms with Gasteiger partial charge in [-0.3, -0.25) is 0 Å². The predicted molar refractivity (Wildman–Crippen MR) is 92.3 cm³/mol. The summed E-state index contributed by atoms with van der Waals surface area (Å²) >= 11 is 0. The van der Waals surface area contributed by atoms with Crippen LogP contribution in [0.3, 0.4) is 0 Å². The first kappa shape index (κ1) is 13.5. The molecule has 0 aliphatic rings. The first-order valence-corrected chi connectivity index (χ1v) is 7.47. The summed E-state index contributed by atoms with van der Waals surface area (Å²) < 4.78 is 0. The van der Waals surface area contributed by atoms with Crippen LogP contribution in [0.4, 0.5) is 0 Å². The monoisotopic (exact) mass is 301 g/mol. The number of aromatic amines is 2. The summed E-state index contributed by atoms with van der Waals surface area (Å²) in [6.45, 7) is 2.00. The second-order valence-electron chi connectivity index (χ2n) is 5.50. The van der Waals surface area contributed by atoms with Crippen molar-refractivity contribution in [1.82, 2.24) is 15.0 Å². The lowest BCUT2D eigenvalue weighted by atomic mass is 10.1. The van der Waals surface area contributed by atoms with Crippen LogP contribution in [0.15, 0.2) is 65.5 Å². The molecule has 4 aromatic rings. The molecule has 0 amide bonds. The number of hydrogen-bond acceptors (Lipinski definition) is 2. The van der Waals surface area contributed by atoms with E-state index in [1.807, 2.05) is 67.6 Å². The molecular formula is C19H15N3O. The van der Waals surface area contributed by atoms with Crippen molar-refractivity contribution >= 4 is 10.9 Å². The summed E-state index contributed by atoms with van der Waals surface area (Å²) in [4.78, 5) is 22.6. The average Bonchev–Trinajstić information content (AvgIpc) is 2.92. The van der Waals surface area contributed by atoms with E-state index in [1.165, 1.54) is 0 Å². The molecule has 0 fully saturated rings. The number of nitrogens with one attached hydrogen (secondary N) is 2. The zero-order chi connectivity index (χ0) is 15.8. The van der Waals surface area contributed by atoms with Crippen molar-refractivity contribution in [1.29, 1.82) is 0 Å². The molecule has 23 heavy (non-hydrogen) atoms. The van der Waals surface area contributed by atoms with E-state index in [9.17, 15) is 4.79 Å². The number of aryl methyl sites for hydroxylation is 1. The maximum atomic E-state index is 12.1. The number of hydrogen-bond donors (Lipinski definition) is 2. The van der Waals surface area contributed by atoms with E-state index in [0.29, 0.717) is 5.69 Å². The zero-order valence-corrected chi connectivity index (χ0v) is 12.6. The van der Waals surface area contributed by atoms with Crippen molar-refractivity contribution < 1.29 is 0 Å². The standard InChI is InChI=1S/C19H15N3O/c1-12-15-16(13-8-4-2-5-9-13)21-19(23)22-18(15)17(20-12)14-10-6-3-7-11-14/h2-11,20H,1H3,(H,22,23). The quantitative estimate of drug-likeness (QED) is 0.590. The SMILES string of the molecule is Cc1[nH]c(-c2ccccc2)c2[nH]c(=O)nc(-c3ccccc3)c12. The van der Waals surface area contributed by atoms with Crippen LogP contribution in [0.2, 0.25) is 0 Å². The van der Waals surface area contributed by atoms with Gasteiger partial charge in [-0.05, 0) is 6.92 Å². The lowest BCUT2D eigenvalue weighted by Crippen LogP contribution is -2.11. The molecule has 2 heterocycles. The molecule has 4 heteroatoms. The molecule has 0 spiro atoms. The molecule has 0 saturated heterocycles. The first-order valence-electron chi connectivity index (χ1n) is 7.47. The molecule has 0 unspecified atom stereocenters. The van der Waals surface area contributed by atoms with Gasteiger partial charge in [-0.1, -0.05) is 60.7 Å². The second kappa shape index (κ2) is 5.25. The Kier molecular flexibility index (Phi) is 3.08. The number of rotatable bonds is 2. The molecule has 112 valence electrons. The maximum Gasteiger partial charge on any atom is 0.346 e. The Morgan fingerprint density at radius 2 is 1.43 bits per heavy atom. The van der Waals surface area contributed by atoms with Gasteiger partial charge in [0.1, 0.15) is 0 Å². The highest BCUT2D eigenvalue weighted by atomic mass is 16.1. The Morgan fingerprint density at radius 3 is 2.09 bits per heavy atom. The Labute approximate surface area is 132 Å². The van der Waals surface area contributed by atoms with Gasteiger partial charge in [-0.15, -0.1) is 0 Å². The van der Waals surface area contributed by atoms with Crippen LogP contribution in [-0.2, 0) is 0 Å². The molecule has 2 aromatic carbocycles. The van der Waals surface area contributed by atoms with Crippen LogP contribution < -0.4 is 5.69 Å². The molecule has 0 bridgehead atoms. The van der Waals surface area contributed by atoms with Gasteiger partial charge in [0, 0.05) is 22.2 Å². The number of benzene rings is 2. The fraction of sp³-hybridized carbons (Fsp3) is 0.0526. The normalized spacial score (nSPS) is 11.0. The van der Waals surface area contributed by atoms with Crippen LogP contribution in [-0.4, -0.2) is 15.0 Å². The summed E-state index contributed by atoms with van der Waals surface area (Å²) in [5.74, 6) is 0. The van der Waals surface area contributed by atoms with Crippen molar-refractivity contribution in [3.63, 3.8) is 0 Å². The lowest BCUT2D eigenvalue weighted by molar-refractivity contribution is 1.13. The van der Waals surface area contributed by atoms with Gasteiger partial charge in [0.15, 0.2) is 0 Å². The highest BCUT2D eigenvalue weighted by molar-refractivity contribution is 6.01. The largest absolute Gasteiger partial charge is 0.356 e. The van der Waals surface area contributed by atoms with Gasteiger partial charge in [0.2, 0.25) is 0 Å². The third-order valence-corrected chi connectivity index (χ3v) is 3.98. The van der Waals surface area contributed by atoms with E-state index in [4.69, 9.17) is 0 Å². The van der Waals surface area contributed by atoms with Crippen molar-refractivity contribution in [3.8, 4) is 22.5 Å². The van der Waals surface area contributed by atoms with Crippen LogP contribution in [0, 0.1) is 6.92 Å². The lowest BCUT2D eigenvalue weighted by Gasteiger charge is -2.04. The molecule has 2 aromatic heterocycles.